The Labute approximate surface area is 63.2 Å². The first-order valence-corrected chi connectivity index (χ1v) is 3.35. The van der Waals surface area contributed by atoms with Crippen molar-refractivity contribution in [3.63, 3.8) is 0 Å². The van der Waals surface area contributed by atoms with Gasteiger partial charge in [0.05, 0.1) is 13.2 Å². The molecule has 0 radical (unpaired) electrons. The van der Waals surface area contributed by atoms with Gasteiger partial charge in [-0.1, -0.05) is 5.92 Å². The van der Waals surface area contributed by atoms with Crippen molar-refractivity contribution >= 4 is 0 Å². The number of ether oxygens (including phenoxy) is 1. The second-order valence-corrected chi connectivity index (χ2v) is 2.42. The maximum absolute atomic E-state index is 5.13. The van der Waals surface area contributed by atoms with Gasteiger partial charge in [-0.25, -0.2) is 0 Å². The molecule has 0 fully saturated rings. The van der Waals surface area contributed by atoms with Gasteiger partial charge in [-0.3, -0.25) is 4.90 Å². The molecule has 0 aliphatic heterocycles. The fourth-order valence-electron chi connectivity index (χ4n) is 0.668. The summed E-state index contributed by atoms with van der Waals surface area (Å²) >= 11 is 0. The highest BCUT2D eigenvalue weighted by Gasteiger charge is 2.05. The van der Waals surface area contributed by atoms with E-state index >= 15 is 0 Å². The van der Waals surface area contributed by atoms with Gasteiger partial charge in [-0.05, 0) is 14.0 Å². The monoisotopic (exact) mass is 141 g/mol. The van der Waals surface area contributed by atoms with Crippen LogP contribution >= 0.6 is 0 Å². The lowest BCUT2D eigenvalue weighted by Crippen LogP contribution is -2.32. The summed E-state index contributed by atoms with van der Waals surface area (Å²) in [6.45, 7) is 3.50. The van der Waals surface area contributed by atoms with Crippen molar-refractivity contribution in [3.8, 4) is 12.3 Å². The van der Waals surface area contributed by atoms with E-state index in [1.807, 2.05) is 7.05 Å². The van der Waals surface area contributed by atoms with Crippen molar-refractivity contribution in [1.29, 1.82) is 0 Å². The van der Waals surface area contributed by atoms with Gasteiger partial charge in [-0.2, -0.15) is 0 Å². The molecule has 0 aliphatic carbocycles. The van der Waals surface area contributed by atoms with E-state index in [9.17, 15) is 0 Å². The van der Waals surface area contributed by atoms with Crippen molar-refractivity contribution in [2.24, 2.45) is 0 Å². The Morgan fingerprint density at radius 3 is 2.70 bits per heavy atom. The van der Waals surface area contributed by atoms with Crippen LogP contribution in [-0.4, -0.2) is 38.3 Å². The van der Waals surface area contributed by atoms with Gasteiger partial charge in [0, 0.05) is 13.2 Å². The van der Waals surface area contributed by atoms with E-state index in [1.54, 1.807) is 7.11 Å². The molecule has 0 rings (SSSR count). The van der Waals surface area contributed by atoms with E-state index in [-0.39, 0.29) is 0 Å². The third-order valence-corrected chi connectivity index (χ3v) is 1.50. The summed E-state index contributed by atoms with van der Waals surface area (Å²) in [6, 6.07) is 0.404. The molecule has 0 saturated carbocycles. The molecule has 0 N–H and O–H groups in total. The van der Waals surface area contributed by atoms with Crippen LogP contribution in [0.1, 0.15) is 6.92 Å². The highest BCUT2D eigenvalue weighted by Crippen LogP contribution is 1.93. The molecule has 0 saturated heterocycles. The zero-order chi connectivity index (χ0) is 7.98. The van der Waals surface area contributed by atoms with Crippen LogP contribution in [0.25, 0.3) is 0 Å². The van der Waals surface area contributed by atoms with Gasteiger partial charge in [0.2, 0.25) is 0 Å². The molecular formula is C8H15NO. The Morgan fingerprint density at radius 2 is 2.30 bits per heavy atom. The quantitative estimate of drug-likeness (QED) is 0.531. The summed E-state index contributed by atoms with van der Waals surface area (Å²) in [4.78, 5) is 2.07. The smallest absolute Gasteiger partial charge is 0.0615 e. The normalized spacial score (nSPS) is 13.1. The van der Waals surface area contributed by atoms with Gasteiger partial charge in [-0.15, -0.1) is 6.42 Å². The molecule has 1 unspecified atom stereocenters. The summed E-state index contributed by atoms with van der Waals surface area (Å²) < 4.78 is 4.96. The standard InChI is InChI=1S/C8H15NO/c1-5-6-9(3)8(2)7-10-4/h1,8H,6-7H2,2-4H3. The average molecular weight is 141 g/mol. The minimum Gasteiger partial charge on any atom is -0.383 e. The molecule has 0 aliphatic rings. The molecule has 0 amide bonds. The van der Waals surface area contributed by atoms with Crippen molar-refractivity contribution in [2.45, 2.75) is 13.0 Å². The van der Waals surface area contributed by atoms with E-state index in [0.29, 0.717) is 12.6 Å². The fraction of sp³-hybridized carbons (Fsp3) is 0.750. The van der Waals surface area contributed by atoms with E-state index in [4.69, 9.17) is 11.2 Å². The molecule has 0 aromatic rings. The minimum absolute atomic E-state index is 0.404. The third kappa shape index (κ3) is 3.49. The molecule has 2 heteroatoms. The molecule has 2 nitrogen and oxygen atoms in total. The van der Waals surface area contributed by atoms with Gasteiger partial charge in [0.15, 0.2) is 0 Å². The largest absolute Gasteiger partial charge is 0.383 e. The molecular weight excluding hydrogens is 126 g/mol. The number of rotatable bonds is 4. The average Bonchev–Trinajstić information content (AvgIpc) is 1.89. The van der Waals surface area contributed by atoms with Crippen LogP contribution in [0.3, 0.4) is 0 Å². The molecule has 0 spiro atoms. The fourth-order valence-corrected chi connectivity index (χ4v) is 0.668. The Hall–Kier alpha value is -0.520. The molecule has 0 bridgehead atoms. The van der Waals surface area contributed by atoms with Crippen molar-refractivity contribution in [3.05, 3.63) is 0 Å². The second kappa shape index (κ2) is 5.28. The number of hydrogen-bond donors (Lipinski definition) is 0. The summed E-state index contributed by atoms with van der Waals surface area (Å²) in [5.74, 6) is 2.58. The van der Waals surface area contributed by atoms with Crippen LogP contribution < -0.4 is 0 Å². The van der Waals surface area contributed by atoms with Crippen molar-refractivity contribution < 1.29 is 4.74 Å². The van der Waals surface area contributed by atoms with Crippen LogP contribution in [0.5, 0.6) is 0 Å². The van der Waals surface area contributed by atoms with E-state index in [2.05, 4.69) is 17.7 Å². The van der Waals surface area contributed by atoms with Gasteiger partial charge >= 0.3 is 0 Å². The van der Waals surface area contributed by atoms with Crippen LogP contribution in [0.2, 0.25) is 0 Å². The molecule has 0 aromatic carbocycles. The lowest BCUT2D eigenvalue weighted by atomic mass is 10.3. The zero-order valence-corrected chi connectivity index (χ0v) is 6.92. The Balaban J connectivity index is 3.50. The number of terminal acetylenes is 1. The Morgan fingerprint density at radius 1 is 1.70 bits per heavy atom. The van der Waals surface area contributed by atoms with Gasteiger partial charge < -0.3 is 4.74 Å². The predicted molar refractivity (Wildman–Crippen MR) is 42.8 cm³/mol. The molecule has 58 valence electrons. The maximum Gasteiger partial charge on any atom is 0.0615 e. The lowest BCUT2D eigenvalue weighted by Gasteiger charge is -2.20. The SMILES string of the molecule is C#CCN(C)C(C)COC. The molecule has 0 aromatic heterocycles. The van der Waals surface area contributed by atoms with Gasteiger partial charge in [0.1, 0.15) is 0 Å². The van der Waals surface area contributed by atoms with E-state index < -0.39 is 0 Å². The van der Waals surface area contributed by atoms with Crippen molar-refractivity contribution in [1.82, 2.24) is 4.90 Å². The predicted octanol–water partition coefficient (Wildman–Crippen LogP) is 0.586. The number of likely N-dealkylation sites (N-methyl/N-ethyl adjacent to an activating group) is 1. The zero-order valence-electron chi connectivity index (χ0n) is 6.92. The summed E-state index contributed by atoms with van der Waals surface area (Å²) in [7, 11) is 3.68. The number of nitrogens with zero attached hydrogens (tertiary/aromatic N) is 1. The number of methoxy groups -OCH3 is 1. The summed E-state index contributed by atoms with van der Waals surface area (Å²) in [5.41, 5.74) is 0. The van der Waals surface area contributed by atoms with Crippen LogP contribution in [0.4, 0.5) is 0 Å². The third-order valence-electron chi connectivity index (χ3n) is 1.50. The highest BCUT2D eigenvalue weighted by molar-refractivity contribution is 4.88. The Kier molecular flexibility index (Phi) is 5.00. The maximum atomic E-state index is 5.13. The second-order valence-electron chi connectivity index (χ2n) is 2.42. The first kappa shape index (κ1) is 9.48. The van der Waals surface area contributed by atoms with Crippen LogP contribution in [0, 0.1) is 12.3 Å². The molecule has 10 heavy (non-hydrogen) atoms. The van der Waals surface area contributed by atoms with Crippen molar-refractivity contribution in [2.75, 3.05) is 27.3 Å². The Bertz CT molecular complexity index is 117. The van der Waals surface area contributed by atoms with Crippen LogP contribution in [0.15, 0.2) is 0 Å². The first-order valence-electron chi connectivity index (χ1n) is 3.35. The first-order chi connectivity index (χ1) is 4.72. The minimum atomic E-state index is 0.404. The topological polar surface area (TPSA) is 12.5 Å². The highest BCUT2D eigenvalue weighted by atomic mass is 16.5. The lowest BCUT2D eigenvalue weighted by molar-refractivity contribution is 0.123. The summed E-state index contributed by atoms with van der Waals surface area (Å²) in [6.07, 6.45) is 5.13. The van der Waals surface area contributed by atoms with E-state index in [1.165, 1.54) is 0 Å². The molecule has 0 heterocycles. The summed E-state index contributed by atoms with van der Waals surface area (Å²) in [5, 5.41) is 0. The van der Waals surface area contributed by atoms with E-state index in [0.717, 1.165) is 6.61 Å². The number of hydrogen-bond acceptors (Lipinski definition) is 2. The van der Waals surface area contributed by atoms with Gasteiger partial charge in [0.25, 0.3) is 0 Å². The molecule has 1 atom stereocenters. The van der Waals surface area contributed by atoms with Crippen LogP contribution in [-0.2, 0) is 4.74 Å².